The van der Waals surface area contributed by atoms with Gasteiger partial charge in [-0.3, -0.25) is 14.6 Å². The summed E-state index contributed by atoms with van der Waals surface area (Å²) in [5.41, 5.74) is 2.13. The van der Waals surface area contributed by atoms with Crippen molar-refractivity contribution in [2.24, 2.45) is 0 Å². The molecule has 0 bridgehead atoms. The van der Waals surface area contributed by atoms with Gasteiger partial charge in [0.2, 0.25) is 0 Å². The van der Waals surface area contributed by atoms with E-state index >= 15 is 0 Å². The zero-order chi connectivity index (χ0) is 19.3. The standard InChI is InChI=1S/C22H29N3O3/c26-17-19-6-2-1-5-18(19)15-24-11-13-25(14-12-24)22(27)21-8-7-20(28-21)16-23-9-3-4-10-23/h1-2,5-8,26H,3-4,9-17H2. The Bertz CT molecular complexity index is 790. The molecule has 6 nitrogen and oxygen atoms in total. The van der Waals surface area contributed by atoms with Crippen molar-refractivity contribution in [3.8, 4) is 0 Å². The molecular weight excluding hydrogens is 354 g/mol. The average Bonchev–Trinajstić information content (AvgIpc) is 3.41. The molecule has 1 N–H and O–H groups in total. The maximum Gasteiger partial charge on any atom is 0.289 e. The quantitative estimate of drug-likeness (QED) is 0.830. The van der Waals surface area contributed by atoms with Crippen LogP contribution in [0.4, 0.5) is 0 Å². The van der Waals surface area contributed by atoms with E-state index in [9.17, 15) is 9.90 Å². The molecule has 0 spiro atoms. The van der Waals surface area contributed by atoms with Gasteiger partial charge < -0.3 is 14.4 Å². The number of piperazine rings is 1. The van der Waals surface area contributed by atoms with Crippen molar-refractivity contribution in [3.05, 3.63) is 59.0 Å². The third-order valence-corrected chi connectivity index (χ3v) is 5.79. The Morgan fingerprint density at radius 3 is 2.25 bits per heavy atom. The molecule has 6 heteroatoms. The Labute approximate surface area is 166 Å². The molecule has 4 rings (SSSR count). The summed E-state index contributed by atoms with van der Waals surface area (Å²) in [6, 6.07) is 11.7. The van der Waals surface area contributed by atoms with E-state index in [0.29, 0.717) is 18.8 Å². The molecule has 0 unspecified atom stereocenters. The summed E-state index contributed by atoms with van der Waals surface area (Å²) in [6.07, 6.45) is 2.50. The predicted molar refractivity (Wildman–Crippen MR) is 107 cm³/mol. The van der Waals surface area contributed by atoms with Crippen LogP contribution in [0.2, 0.25) is 0 Å². The van der Waals surface area contributed by atoms with Gasteiger partial charge in [0.1, 0.15) is 5.76 Å². The van der Waals surface area contributed by atoms with Gasteiger partial charge in [-0.2, -0.15) is 0 Å². The minimum absolute atomic E-state index is 0.0110. The molecule has 0 saturated carbocycles. The molecule has 0 aliphatic carbocycles. The molecule has 3 heterocycles. The highest BCUT2D eigenvalue weighted by Crippen LogP contribution is 2.18. The molecule has 2 saturated heterocycles. The Morgan fingerprint density at radius 2 is 1.54 bits per heavy atom. The second-order valence-electron chi connectivity index (χ2n) is 7.74. The number of rotatable bonds is 6. The van der Waals surface area contributed by atoms with Gasteiger partial charge in [-0.05, 0) is 49.2 Å². The van der Waals surface area contributed by atoms with Gasteiger partial charge in [0.15, 0.2) is 5.76 Å². The Balaban J connectivity index is 1.29. The number of hydrogen-bond donors (Lipinski definition) is 1. The Hall–Kier alpha value is -2.15. The number of hydrogen-bond acceptors (Lipinski definition) is 5. The van der Waals surface area contributed by atoms with Gasteiger partial charge in [-0.25, -0.2) is 0 Å². The van der Waals surface area contributed by atoms with Gasteiger partial charge >= 0.3 is 0 Å². The van der Waals surface area contributed by atoms with Crippen molar-refractivity contribution in [2.45, 2.75) is 32.5 Å². The molecule has 0 atom stereocenters. The first-order valence-corrected chi connectivity index (χ1v) is 10.2. The number of aliphatic hydroxyl groups is 1. The molecule has 0 radical (unpaired) electrons. The van der Waals surface area contributed by atoms with Gasteiger partial charge in [-0.15, -0.1) is 0 Å². The molecule has 1 amide bonds. The Kier molecular flexibility index (Phi) is 6.10. The summed E-state index contributed by atoms with van der Waals surface area (Å²) in [5, 5.41) is 9.50. The molecule has 2 aliphatic heterocycles. The van der Waals surface area contributed by atoms with E-state index in [4.69, 9.17) is 4.42 Å². The van der Waals surface area contributed by atoms with E-state index in [2.05, 4.69) is 15.9 Å². The molecule has 150 valence electrons. The molecule has 1 aromatic heterocycles. The highest BCUT2D eigenvalue weighted by Gasteiger charge is 2.25. The molecule has 2 fully saturated rings. The van der Waals surface area contributed by atoms with Gasteiger partial charge in [-0.1, -0.05) is 24.3 Å². The predicted octanol–water partition coefficient (Wildman–Crippen LogP) is 2.33. The third kappa shape index (κ3) is 4.46. The van der Waals surface area contributed by atoms with Crippen LogP contribution in [-0.2, 0) is 19.7 Å². The normalized spacial score (nSPS) is 18.7. The molecule has 1 aromatic carbocycles. The van der Waals surface area contributed by atoms with Gasteiger partial charge in [0, 0.05) is 32.7 Å². The molecule has 2 aromatic rings. The van der Waals surface area contributed by atoms with Crippen LogP contribution in [0.1, 0.15) is 40.3 Å². The lowest BCUT2D eigenvalue weighted by atomic mass is 10.1. The highest BCUT2D eigenvalue weighted by molar-refractivity contribution is 5.91. The third-order valence-electron chi connectivity index (χ3n) is 5.79. The van der Waals surface area contributed by atoms with E-state index in [1.807, 2.05) is 35.2 Å². The van der Waals surface area contributed by atoms with Crippen molar-refractivity contribution in [1.29, 1.82) is 0 Å². The van der Waals surface area contributed by atoms with Crippen molar-refractivity contribution >= 4 is 5.91 Å². The number of carbonyl (C=O) groups is 1. The summed E-state index contributed by atoms with van der Waals surface area (Å²) in [5.74, 6) is 1.32. The van der Waals surface area contributed by atoms with Crippen molar-refractivity contribution in [2.75, 3.05) is 39.3 Å². The second-order valence-corrected chi connectivity index (χ2v) is 7.74. The van der Waals surface area contributed by atoms with E-state index in [-0.39, 0.29) is 12.5 Å². The van der Waals surface area contributed by atoms with Crippen molar-refractivity contribution in [3.63, 3.8) is 0 Å². The molecule has 2 aliphatic rings. The number of furan rings is 1. The van der Waals surface area contributed by atoms with E-state index < -0.39 is 0 Å². The van der Waals surface area contributed by atoms with Gasteiger partial charge in [0.05, 0.1) is 13.2 Å². The fourth-order valence-corrected chi connectivity index (χ4v) is 4.11. The fraction of sp³-hybridized carbons (Fsp3) is 0.500. The molecule has 28 heavy (non-hydrogen) atoms. The largest absolute Gasteiger partial charge is 0.455 e. The maximum absolute atomic E-state index is 12.8. The van der Waals surface area contributed by atoms with Crippen molar-refractivity contribution < 1.29 is 14.3 Å². The number of benzene rings is 1. The maximum atomic E-state index is 12.8. The first-order valence-electron chi connectivity index (χ1n) is 10.2. The smallest absolute Gasteiger partial charge is 0.289 e. The Morgan fingerprint density at radius 1 is 0.857 bits per heavy atom. The fourth-order valence-electron chi connectivity index (χ4n) is 4.11. The van der Waals surface area contributed by atoms with Crippen LogP contribution in [0.5, 0.6) is 0 Å². The highest BCUT2D eigenvalue weighted by atomic mass is 16.4. The average molecular weight is 383 g/mol. The lowest BCUT2D eigenvalue weighted by Crippen LogP contribution is -2.48. The van der Waals surface area contributed by atoms with Crippen LogP contribution in [-0.4, -0.2) is 65.0 Å². The first kappa shape index (κ1) is 19.2. The summed E-state index contributed by atoms with van der Waals surface area (Å²) >= 11 is 0. The van der Waals surface area contributed by atoms with Crippen LogP contribution < -0.4 is 0 Å². The second kappa shape index (κ2) is 8.90. The summed E-state index contributed by atoms with van der Waals surface area (Å²) < 4.78 is 5.84. The minimum Gasteiger partial charge on any atom is -0.455 e. The topological polar surface area (TPSA) is 60.2 Å². The minimum atomic E-state index is -0.0110. The van der Waals surface area contributed by atoms with E-state index in [0.717, 1.165) is 56.2 Å². The SMILES string of the molecule is O=C(c1ccc(CN2CCCC2)o1)N1CCN(Cc2ccccc2CO)CC1. The summed E-state index contributed by atoms with van der Waals surface area (Å²) in [4.78, 5) is 19.4. The van der Waals surface area contributed by atoms with Crippen LogP contribution in [0.15, 0.2) is 40.8 Å². The monoisotopic (exact) mass is 383 g/mol. The number of likely N-dealkylation sites (tertiary alicyclic amines) is 1. The zero-order valence-electron chi connectivity index (χ0n) is 16.3. The van der Waals surface area contributed by atoms with Crippen LogP contribution in [0, 0.1) is 0 Å². The van der Waals surface area contributed by atoms with E-state index in [1.165, 1.54) is 12.8 Å². The summed E-state index contributed by atoms with van der Waals surface area (Å²) in [6.45, 7) is 6.94. The van der Waals surface area contributed by atoms with Gasteiger partial charge in [0.25, 0.3) is 5.91 Å². The lowest BCUT2D eigenvalue weighted by molar-refractivity contribution is 0.0594. The zero-order valence-corrected chi connectivity index (χ0v) is 16.3. The number of nitrogens with zero attached hydrogens (tertiary/aromatic N) is 3. The number of aliphatic hydroxyl groups excluding tert-OH is 1. The van der Waals surface area contributed by atoms with Crippen LogP contribution in [0.25, 0.3) is 0 Å². The molecular formula is C22H29N3O3. The van der Waals surface area contributed by atoms with Crippen molar-refractivity contribution in [1.82, 2.24) is 14.7 Å². The van der Waals surface area contributed by atoms with E-state index in [1.54, 1.807) is 0 Å². The number of carbonyl (C=O) groups excluding carboxylic acids is 1. The number of amides is 1. The lowest BCUT2D eigenvalue weighted by Gasteiger charge is -2.34. The first-order chi connectivity index (χ1) is 13.7. The summed E-state index contributed by atoms with van der Waals surface area (Å²) in [7, 11) is 0. The van der Waals surface area contributed by atoms with Crippen LogP contribution >= 0.6 is 0 Å². The van der Waals surface area contributed by atoms with Crippen LogP contribution in [0.3, 0.4) is 0 Å².